The van der Waals surface area contributed by atoms with Crippen LogP contribution in [0.15, 0.2) is 12.4 Å². The highest BCUT2D eigenvalue weighted by Gasteiger charge is 2.40. The van der Waals surface area contributed by atoms with Crippen molar-refractivity contribution in [3.8, 4) is 0 Å². The fourth-order valence-corrected chi connectivity index (χ4v) is 3.53. The van der Waals surface area contributed by atoms with Crippen molar-refractivity contribution in [2.45, 2.75) is 39.8 Å². The average Bonchev–Trinajstić information content (AvgIpc) is 3.04. The SMILES string of the molecule is CC(C)Cn1cc(CN2CCC3(CCNC3)C2)cn1. The number of hydrogen-bond donors (Lipinski definition) is 1. The van der Waals surface area contributed by atoms with E-state index in [1.165, 1.54) is 44.6 Å². The van der Waals surface area contributed by atoms with Gasteiger partial charge in [0.25, 0.3) is 0 Å². The molecule has 2 aliphatic rings. The van der Waals surface area contributed by atoms with Crippen LogP contribution in [0.5, 0.6) is 0 Å². The molecule has 2 saturated heterocycles. The van der Waals surface area contributed by atoms with Gasteiger partial charge in [-0.1, -0.05) is 13.8 Å². The van der Waals surface area contributed by atoms with Crippen LogP contribution < -0.4 is 5.32 Å². The Kier molecular flexibility index (Phi) is 3.63. The lowest BCUT2D eigenvalue weighted by Gasteiger charge is -2.22. The van der Waals surface area contributed by atoms with E-state index in [0.29, 0.717) is 11.3 Å². The second kappa shape index (κ2) is 5.25. The Morgan fingerprint density at radius 3 is 3.05 bits per heavy atom. The Labute approximate surface area is 116 Å². The molecule has 3 rings (SSSR count). The van der Waals surface area contributed by atoms with Crippen molar-refractivity contribution < 1.29 is 0 Å². The molecule has 2 fully saturated rings. The second-order valence-corrected chi connectivity index (χ2v) is 6.85. The maximum absolute atomic E-state index is 4.47. The first kappa shape index (κ1) is 13.1. The molecule has 1 aromatic rings. The molecule has 19 heavy (non-hydrogen) atoms. The van der Waals surface area contributed by atoms with Crippen molar-refractivity contribution in [3.63, 3.8) is 0 Å². The minimum absolute atomic E-state index is 0.577. The van der Waals surface area contributed by atoms with E-state index in [1.807, 2.05) is 6.20 Å². The van der Waals surface area contributed by atoms with Gasteiger partial charge >= 0.3 is 0 Å². The molecule has 0 radical (unpaired) electrons. The highest BCUT2D eigenvalue weighted by molar-refractivity contribution is 5.06. The largest absolute Gasteiger partial charge is 0.316 e. The van der Waals surface area contributed by atoms with Gasteiger partial charge in [-0.2, -0.15) is 5.10 Å². The fraction of sp³-hybridized carbons (Fsp3) is 0.800. The molecule has 0 bridgehead atoms. The molecule has 4 heteroatoms. The van der Waals surface area contributed by atoms with Gasteiger partial charge < -0.3 is 5.32 Å². The first-order chi connectivity index (χ1) is 9.15. The number of likely N-dealkylation sites (tertiary alicyclic amines) is 1. The zero-order valence-corrected chi connectivity index (χ0v) is 12.2. The summed E-state index contributed by atoms with van der Waals surface area (Å²) in [6, 6.07) is 0. The molecule has 0 aromatic carbocycles. The molecule has 0 saturated carbocycles. The number of rotatable bonds is 4. The summed E-state index contributed by atoms with van der Waals surface area (Å²) in [5, 5.41) is 7.99. The molecular weight excluding hydrogens is 236 g/mol. The molecule has 3 heterocycles. The number of aromatic nitrogens is 2. The third-order valence-corrected chi connectivity index (χ3v) is 4.49. The Bertz CT molecular complexity index is 418. The minimum atomic E-state index is 0.577. The predicted molar refractivity (Wildman–Crippen MR) is 76.9 cm³/mol. The summed E-state index contributed by atoms with van der Waals surface area (Å²) in [6.45, 7) is 11.5. The molecule has 0 amide bonds. The van der Waals surface area contributed by atoms with Crippen LogP contribution in [0.1, 0.15) is 32.3 Å². The van der Waals surface area contributed by atoms with Crippen LogP contribution in [0.25, 0.3) is 0 Å². The standard InChI is InChI=1S/C15H26N4/c1-13(2)8-19-10-14(7-17-19)9-18-6-4-15(12-18)3-5-16-11-15/h7,10,13,16H,3-6,8-9,11-12H2,1-2H3. The van der Waals surface area contributed by atoms with Gasteiger partial charge in [0.2, 0.25) is 0 Å². The lowest BCUT2D eigenvalue weighted by Crippen LogP contribution is -2.28. The van der Waals surface area contributed by atoms with E-state index in [1.54, 1.807) is 0 Å². The molecule has 106 valence electrons. The Morgan fingerprint density at radius 2 is 2.32 bits per heavy atom. The summed E-state index contributed by atoms with van der Waals surface area (Å²) in [5.74, 6) is 0.660. The normalized spacial score (nSPS) is 27.9. The van der Waals surface area contributed by atoms with Crippen LogP contribution in [0.4, 0.5) is 0 Å². The Balaban J connectivity index is 1.55. The summed E-state index contributed by atoms with van der Waals surface area (Å²) in [4.78, 5) is 2.60. The second-order valence-electron chi connectivity index (χ2n) is 6.85. The van der Waals surface area contributed by atoms with E-state index in [4.69, 9.17) is 0 Å². The maximum Gasteiger partial charge on any atom is 0.0534 e. The molecule has 2 aliphatic heterocycles. The van der Waals surface area contributed by atoms with Crippen LogP contribution in [0, 0.1) is 11.3 Å². The Hall–Kier alpha value is -0.870. The average molecular weight is 262 g/mol. The van der Waals surface area contributed by atoms with Crippen LogP contribution in [-0.4, -0.2) is 40.9 Å². The van der Waals surface area contributed by atoms with Gasteiger partial charge in [0.15, 0.2) is 0 Å². The van der Waals surface area contributed by atoms with Crippen molar-refractivity contribution in [1.82, 2.24) is 20.0 Å². The van der Waals surface area contributed by atoms with Gasteiger partial charge in [-0.25, -0.2) is 0 Å². The highest BCUT2D eigenvalue weighted by Crippen LogP contribution is 2.36. The first-order valence-electron chi connectivity index (χ1n) is 7.60. The predicted octanol–water partition coefficient (Wildman–Crippen LogP) is 1.72. The summed E-state index contributed by atoms with van der Waals surface area (Å²) >= 11 is 0. The lowest BCUT2D eigenvalue weighted by molar-refractivity contribution is 0.268. The van der Waals surface area contributed by atoms with Crippen LogP contribution in [0.3, 0.4) is 0 Å². The molecule has 1 atom stereocenters. The van der Waals surface area contributed by atoms with Crippen LogP contribution in [0.2, 0.25) is 0 Å². The first-order valence-corrected chi connectivity index (χ1v) is 7.60. The Morgan fingerprint density at radius 1 is 1.42 bits per heavy atom. The van der Waals surface area contributed by atoms with E-state index in [9.17, 15) is 0 Å². The van der Waals surface area contributed by atoms with Crippen LogP contribution >= 0.6 is 0 Å². The molecule has 0 aliphatic carbocycles. The minimum Gasteiger partial charge on any atom is -0.316 e. The van der Waals surface area contributed by atoms with Crippen molar-refractivity contribution in [2.24, 2.45) is 11.3 Å². The van der Waals surface area contributed by atoms with E-state index < -0.39 is 0 Å². The zero-order chi connectivity index (χ0) is 13.3. The third kappa shape index (κ3) is 3.00. The van der Waals surface area contributed by atoms with Crippen molar-refractivity contribution in [2.75, 3.05) is 26.2 Å². The van der Waals surface area contributed by atoms with Gasteiger partial charge in [-0.05, 0) is 37.3 Å². The van der Waals surface area contributed by atoms with Gasteiger partial charge in [0.1, 0.15) is 0 Å². The number of nitrogens with one attached hydrogen (secondary N) is 1. The summed E-state index contributed by atoms with van der Waals surface area (Å²) in [6.07, 6.45) is 6.98. The summed E-state index contributed by atoms with van der Waals surface area (Å²) < 4.78 is 2.09. The molecule has 1 N–H and O–H groups in total. The van der Waals surface area contributed by atoms with Crippen LogP contribution in [-0.2, 0) is 13.1 Å². The monoisotopic (exact) mass is 262 g/mol. The molecule has 1 spiro atoms. The van der Waals surface area contributed by atoms with Gasteiger partial charge in [-0.15, -0.1) is 0 Å². The number of nitrogens with zero attached hydrogens (tertiary/aromatic N) is 3. The molecule has 1 unspecified atom stereocenters. The van der Waals surface area contributed by atoms with Gasteiger partial charge in [-0.3, -0.25) is 9.58 Å². The smallest absolute Gasteiger partial charge is 0.0534 e. The topological polar surface area (TPSA) is 33.1 Å². The van der Waals surface area contributed by atoms with E-state index in [-0.39, 0.29) is 0 Å². The van der Waals surface area contributed by atoms with Gasteiger partial charge in [0, 0.05) is 37.9 Å². The molecule has 4 nitrogen and oxygen atoms in total. The summed E-state index contributed by atoms with van der Waals surface area (Å²) in [7, 11) is 0. The zero-order valence-electron chi connectivity index (χ0n) is 12.2. The quantitative estimate of drug-likeness (QED) is 0.897. The lowest BCUT2D eigenvalue weighted by atomic mass is 9.87. The van der Waals surface area contributed by atoms with Crippen molar-refractivity contribution >= 4 is 0 Å². The molecule has 1 aromatic heterocycles. The van der Waals surface area contributed by atoms with Crippen molar-refractivity contribution in [3.05, 3.63) is 18.0 Å². The summed E-state index contributed by atoms with van der Waals surface area (Å²) in [5.41, 5.74) is 1.94. The maximum atomic E-state index is 4.47. The van der Waals surface area contributed by atoms with Gasteiger partial charge in [0.05, 0.1) is 6.20 Å². The van der Waals surface area contributed by atoms with E-state index in [2.05, 4.69) is 40.0 Å². The van der Waals surface area contributed by atoms with E-state index in [0.717, 1.165) is 13.1 Å². The van der Waals surface area contributed by atoms with E-state index >= 15 is 0 Å². The van der Waals surface area contributed by atoms with Crippen molar-refractivity contribution in [1.29, 1.82) is 0 Å². The third-order valence-electron chi connectivity index (χ3n) is 4.49. The highest BCUT2D eigenvalue weighted by atomic mass is 15.3. The molecular formula is C15H26N4. The number of hydrogen-bond acceptors (Lipinski definition) is 3. The fourth-order valence-electron chi connectivity index (χ4n) is 3.53.